The molecule has 0 spiro atoms. The second-order valence-electron chi connectivity index (χ2n) is 4.16. The maximum atomic E-state index is 4.26. The van der Waals surface area contributed by atoms with E-state index in [0.29, 0.717) is 0 Å². The average molecular weight is 292 g/mol. The molecule has 2 N–H and O–H groups in total. The number of rotatable bonds is 5. The minimum Gasteiger partial charge on any atom is -0.344 e. The number of thioether (sulfide) groups is 1. The maximum Gasteiger partial charge on any atom is 0.128 e. The fourth-order valence-electron chi connectivity index (χ4n) is 1.19. The third-order valence-electron chi connectivity index (χ3n) is 2.25. The van der Waals surface area contributed by atoms with E-state index in [-0.39, 0.29) is 4.75 Å². The first-order valence-electron chi connectivity index (χ1n) is 4.91. The smallest absolute Gasteiger partial charge is 0.128 e. The highest BCUT2D eigenvalue weighted by Crippen LogP contribution is 2.20. The average Bonchev–Trinajstić information content (AvgIpc) is 2.45. The van der Waals surface area contributed by atoms with E-state index in [1.807, 2.05) is 18.7 Å². The summed E-state index contributed by atoms with van der Waals surface area (Å²) in [6.07, 6.45) is 2.14. The van der Waals surface area contributed by atoms with Crippen LogP contribution in [-0.4, -0.2) is 27.5 Å². The van der Waals surface area contributed by atoms with Gasteiger partial charge in [-0.2, -0.15) is 11.8 Å². The van der Waals surface area contributed by atoms with Crippen LogP contribution >= 0.6 is 27.7 Å². The molecule has 0 aliphatic carbocycles. The number of halogens is 1. The van der Waals surface area contributed by atoms with Gasteiger partial charge in [-0.3, -0.25) is 0 Å². The van der Waals surface area contributed by atoms with Gasteiger partial charge in [0, 0.05) is 17.8 Å². The van der Waals surface area contributed by atoms with Crippen LogP contribution in [0.5, 0.6) is 0 Å². The first kappa shape index (κ1) is 13.1. The third-order valence-corrected chi connectivity index (χ3v) is 4.16. The Hall–Kier alpha value is -0.0000000000000000555. The Labute approximate surface area is 104 Å². The molecule has 0 fully saturated rings. The summed E-state index contributed by atoms with van der Waals surface area (Å²) >= 11 is 5.30. The van der Waals surface area contributed by atoms with E-state index in [4.69, 9.17) is 0 Å². The van der Waals surface area contributed by atoms with Crippen LogP contribution in [0, 0.1) is 6.92 Å². The molecular weight excluding hydrogens is 274 g/mol. The van der Waals surface area contributed by atoms with Gasteiger partial charge in [-0.15, -0.1) is 0 Å². The molecule has 0 unspecified atom stereocenters. The molecule has 0 saturated heterocycles. The number of hydrogen-bond donors (Lipinski definition) is 2. The molecule has 0 bridgehead atoms. The van der Waals surface area contributed by atoms with Gasteiger partial charge in [0.1, 0.15) is 10.4 Å². The van der Waals surface area contributed by atoms with E-state index in [0.717, 1.165) is 29.2 Å². The Balaban J connectivity index is 2.41. The van der Waals surface area contributed by atoms with Crippen molar-refractivity contribution in [1.29, 1.82) is 0 Å². The molecule has 0 saturated carbocycles. The molecule has 1 rings (SSSR count). The van der Waals surface area contributed by atoms with Gasteiger partial charge in [0.15, 0.2) is 0 Å². The molecule has 0 atom stereocenters. The first-order chi connectivity index (χ1) is 6.94. The molecule has 1 aromatic rings. The summed E-state index contributed by atoms with van der Waals surface area (Å²) in [4.78, 5) is 7.48. The van der Waals surface area contributed by atoms with Crippen LogP contribution in [0.1, 0.15) is 25.4 Å². The monoisotopic (exact) mass is 291 g/mol. The molecule has 5 heteroatoms. The van der Waals surface area contributed by atoms with Crippen molar-refractivity contribution in [3.05, 3.63) is 16.1 Å². The highest BCUT2D eigenvalue weighted by atomic mass is 79.9. The van der Waals surface area contributed by atoms with E-state index in [1.165, 1.54) is 0 Å². The highest BCUT2D eigenvalue weighted by Gasteiger charge is 2.15. The largest absolute Gasteiger partial charge is 0.344 e. The zero-order valence-electron chi connectivity index (χ0n) is 9.65. The van der Waals surface area contributed by atoms with E-state index >= 15 is 0 Å². The molecule has 15 heavy (non-hydrogen) atoms. The highest BCUT2D eigenvalue weighted by molar-refractivity contribution is 9.10. The van der Waals surface area contributed by atoms with Crippen molar-refractivity contribution < 1.29 is 0 Å². The zero-order chi connectivity index (χ0) is 11.5. The zero-order valence-corrected chi connectivity index (χ0v) is 12.1. The quantitative estimate of drug-likeness (QED) is 0.876. The van der Waals surface area contributed by atoms with Crippen molar-refractivity contribution in [2.75, 3.05) is 12.8 Å². The van der Waals surface area contributed by atoms with E-state index < -0.39 is 0 Å². The van der Waals surface area contributed by atoms with Crippen LogP contribution in [0.25, 0.3) is 0 Å². The van der Waals surface area contributed by atoms with Gasteiger partial charge in [0.05, 0.1) is 5.69 Å². The first-order valence-corrected chi connectivity index (χ1v) is 6.93. The fraction of sp³-hybridized carbons (Fsp3) is 0.700. The van der Waals surface area contributed by atoms with Crippen LogP contribution in [0.3, 0.4) is 0 Å². The summed E-state index contributed by atoms with van der Waals surface area (Å²) in [7, 11) is 0. The van der Waals surface area contributed by atoms with Gasteiger partial charge < -0.3 is 10.3 Å². The summed E-state index contributed by atoms with van der Waals surface area (Å²) in [5, 5.41) is 3.42. The summed E-state index contributed by atoms with van der Waals surface area (Å²) < 4.78 is 1.19. The van der Waals surface area contributed by atoms with Crippen LogP contribution in [0.15, 0.2) is 4.60 Å². The lowest BCUT2D eigenvalue weighted by atomic mass is 10.2. The van der Waals surface area contributed by atoms with Gasteiger partial charge >= 0.3 is 0 Å². The lowest BCUT2D eigenvalue weighted by Crippen LogP contribution is -2.31. The van der Waals surface area contributed by atoms with E-state index in [1.54, 1.807) is 0 Å². The number of imidazole rings is 1. The van der Waals surface area contributed by atoms with Crippen molar-refractivity contribution in [2.24, 2.45) is 0 Å². The SMILES string of the molecule is CSC(C)(C)CNCc1[nH]c(C)nc1Br. The second kappa shape index (κ2) is 5.37. The van der Waals surface area contributed by atoms with E-state index in [9.17, 15) is 0 Å². The number of H-pyrrole nitrogens is 1. The lowest BCUT2D eigenvalue weighted by Gasteiger charge is -2.22. The maximum absolute atomic E-state index is 4.26. The fourth-order valence-corrected chi connectivity index (χ4v) is 1.94. The normalized spacial score (nSPS) is 12.1. The number of nitrogens with zero attached hydrogens (tertiary/aromatic N) is 1. The topological polar surface area (TPSA) is 40.7 Å². The summed E-state index contributed by atoms with van der Waals surface area (Å²) in [5.74, 6) is 0.947. The lowest BCUT2D eigenvalue weighted by molar-refractivity contribution is 0.585. The molecule has 1 aromatic heterocycles. The molecule has 86 valence electrons. The van der Waals surface area contributed by atoms with Gasteiger partial charge in [-0.05, 0) is 43.0 Å². The van der Waals surface area contributed by atoms with Crippen molar-refractivity contribution in [2.45, 2.75) is 32.1 Å². The van der Waals surface area contributed by atoms with Crippen LogP contribution in [-0.2, 0) is 6.54 Å². The minimum atomic E-state index is 0.279. The molecule has 0 aliphatic heterocycles. The summed E-state index contributed by atoms with van der Waals surface area (Å²) in [5.41, 5.74) is 1.12. The number of aromatic amines is 1. The molecule has 0 aliphatic rings. The number of nitrogens with one attached hydrogen (secondary N) is 2. The molecule has 1 heterocycles. The van der Waals surface area contributed by atoms with Gasteiger partial charge in [0.25, 0.3) is 0 Å². The number of aromatic nitrogens is 2. The Morgan fingerprint density at radius 2 is 2.20 bits per heavy atom. The number of aryl methyl sites for hydroxylation is 1. The van der Waals surface area contributed by atoms with Crippen molar-refractivity contribution in [3.63, 3.8) is 0 Å². The Kier molecular flexibility index (Phi) is 4.67. The molecule has 0 amide bonds. The summed E-state index contributed by atoms with van der Waals surface area (Å²) in [6, 6.07) is 0. The molecule has 0 radical (unpaired) electrons. The third kappa shape index (κ3) is 4.17. The van der Waals surface area contributed by atoms with Crippen molar-refractivity contribution in [1.82, 2.24) is 15.3 Å². The Bertz CT molecular complexity index is 322. The van der Waals surface area contributed by atoms with Gasteiger partial charge in [-0.25, -0.2) is 4.98 Å². The Morgan fingerprint density at radius 3 is 2.67 bits per heavy atom. The minimum absolute atomic E-state index is 0.279. The Morgan fingerprint density at radius 1 is 1.53 bits per heavy atom. The molecule has 3 nitrogen and oxygen atoms in total. The van der Waals surface area contributed by atoms with Crippen LogP contribution < -0.4 is 5.32 Å². The molecule has 0 aromatic carbocycles. The van der Waals surface area contributed by atoms with Crippen LogP contribution in [0.4, 0.5) is 0 Å². The van der Waals surface area contributed by atoms with Crippen molar-refractivity contribution in [3.8, 4) is 0 Å². The predicted molar refractivity (Wildman–Crippen MR) is 70.3 cm³/mol. The standard InChI is InChI=1S/C10H18BrN3S/c1-7-13-8(9(11)14-7)5-12-6-10(2,3)15-4/h12H,5-6H2,1-4H3,(H,13,14). The predicted octanol–water partition coefficient (Wildman–Crippen LogP) is 2.71. The summed E-state index contributed by atoms with van der Waals surface area (Å²) in [6.45, 7) is 8.24. The van der Waals surface area contributed by atoms with Gasteiger partial charge in [-0.1, -0.05) is 0 Å². The van der Waals surface area contributed by atoms with Crippen LogP contribution in [0.2, 0.25) is 0 Å². The van der Waals surface area contributed by atoms with Gasteiger partial charge in [0.2, 0.25) is 0 Å². The second-order valence-corrected chi connectivity index (χ2v) is 6.42. The number of hydrogen-bond acceptors (Lipinski definition) is 3. The van der Waals surface area contributed by atoms with E-state index in [2.05, 4.69) is 51.3 Å². The van der Waals surface area contributed by atoms with Crippen molar-refractivity contribution >= 4 is 27.7 Å². The molecular formula is C10H18BrN3S.